The third kappa shape index (κ3) is 5.86. The van der Waals surface area contributed by atoms with E-state index in [0.29, 0.717) is 19.0 Å². The van der Waals surface area contributed by atoms with Crippen LogP contribution in [0.4, 0.5) is 22.0 Å². The second-order valence-electron chi connectivity index (χ2n) is 8.37. The van der Waals surface area contributed by atoms with Gasteiger partial charge in [0.15, 0.2) is 11.6 Å². The van der Waals surface area contributed by atoms with Gasteiger partial charge in [0.05, 0.1) is 11.1 Å². The molecule has 190 valence electrons. The molecule has 7 nitrogen and oxygen atoms in total. The summed E-state index contributed by atoms with van der Waals surface area (Å²) in [7, 11) is 1.95. The predicted octanol–water partition coefficient (Wildman–Crippen LogP) is 3.81. The monoisotopic (exact) mass is 518 g/mol. The Morgan fingerprint density at radius 2 is 1.94 bits per heavy atom. The van der Waals surface area contributed by atoms with Crippen LogP contribution in [0, 0.1) is 17.6 Å². The Hall–Kier alpha value is -2.45. The summed E-state index contributed by atoms with van der Waals surface area (Å²) in [5.41, 5.74) is -1.64. The van der Waals surface area contributed by atoms with Gasteiger partial charge in [0.1, 0.15) is 40.2 Å². The molecule has 0 saturated carbocycles. The number of alkyl halides is 3. The zero-order chi connectivity index (χ0) is 25.3. The summed E-state index contributed by atoms with van der Waals surface area (Å²) in [6.07, 6.45) is -5.55. The van der Waals surface area contributed by atoms with E-state index in [4.69, 9.17) is 4.74 Å². The minimum Gasteiger partial charge on any atom is -0.483 e. The van der Waals surface area contributed by atoms with Crippen LogP contribution in [-0.2, 0) is 12.8 Å². The normalized spacial score (nSPS) is 17.6. The molecule has 0 bridgehead atoms. The fraction of sp³-hybridized carbons (Fsp3) is 0.455. The lowest BCUT2D eigenvalue weighted by Gasteiger charge is -2.33. The first-order valence-corrected chi connectivity index (χ1v) is 11.6. The number of thiazole rings is 1. The molecule has 2 unspecified atom stereocenters. The number of nitrogens with zero attached hydrogens (tertiary/aromatic N) is 3. The summed E-state index contributed by atoms with van der Waals surface area (Å²) in [4.78, 5) is 10.1. The number of likely N-dealkylation sites (tertiary alicyclic amines) is 1. The van der Waals surface area contributed by atoms with E-state index in [1.807, 2.05) is 7.05 Å². The van der Waals surface area contributed by atoms with Crippen molar-refractivity contribution >= 4 is 21.7 Å². The average molecular weight is 519 g/mol. The number of fused-ring (bicyclic) bond motifs is 1. The lowest BCUT2D eigenvalue weighted by Crippen LogP contribution is -2.43. The molecule has 35 heavy (non-hydrogen) atoms. The van der Waals surface area contributed by atoms with E-state index < -0.39 is 41.4 Å². The number of piperidine rings is 1. The molecule has 0 radical (unpaired) electrons. The number of nitrogens with one attached hydrogen (secondary N) is 1. The smallest absolute Gasteiger partial charge is 0.417 e. The van der Waals surface area contributed by atoms with Gasteiger partial charge in [-0.05, 0) is 51.2 Å². The molecule has 13 heteroatoms. The molecular weight excluding hydrogens is 495 g/mol. The van der Waals surface area contributed by atoms with Crippen molar-refractivity contribution in [2.45, 2.75) is 38.1 Å². The Morgan fingerprint density at radius 3 is 2.63 bits per heavy atom. The van der Waals surface area contributed by atoms with Crippen molar-refractivity contribution in [3.63, 3.8) is 0 Å². The van der Waals surface area contributed by atoms with E-state index in [-0.39, 0.29) is 33.6 Å². The number of ether oxygens (including phenoxy) is 1. The highest BCUT2D eigenvalue weighted by Crippen LogP contribution is 2.33. The van der Waals surface area contributed by atoms with Gasteiger partial charge in [-0.3, -0.25) is 5.32 Å². The minimum absolute atomic E-state index is 0.0196. The van der Waals surface area contributed by atoms with Crippen LogP contribution in [0.25, 0.3) is 10.3 Å². The van der Waals surface area contributed by atoms with Crippen LogP contribution in [-0.4, -0.2) is 51.4 Å². The number of rotatable bonds is 7. The van der Waals surface area contributed by atoms with Crippen molar-refractivity contribution < 1.29 is 36.9 Å². The fourth-order valence-corrected chi connectivity index (χ4v) is 4.66. The number of hydrogen-bond acceptors (Lipinski definition) is 8. The summed E-state index contributed by atoms with van der Waals surface area (Å²) in [5, 5.41) is 23.5. The standard InChI is InChI=1S/C22H23F5N4O3S/c1-31-6-4-11(5-7-31)19(32)30-20(33)17-13(23)2-3-15(18(17)24)34-10-16-29-14-8-12(22(25,26)27)9-28-21(14)35-16/h2-3,8-9,11,19-20,30,32-33H,4-7,10H2,1H3. The van der Waals surface area contributed by atoms with Gasteiger partial charge in [-0.1, -0.05) is 11.3 Å². The van der Waals surface area contributed by atoms with E-state index in [1.165, 1.54) is 0 Å². The van der Waals surface area contributed by atoms with Gasteiger partial charge < -0.3 is 19.8 Å². The van der Waals surface area contributed by atoms with Crippen molar-refractivity contribution in [3.05, 3.63) is 52.2 Å². The van der Waals surface area contributed by atoms with Crippen LogP contribution in [0.5, 0.6) is 5.75 Å². The lowest BCUT2D eigenvalue weighted by atomic mass is 9.95. The van der Waals surface area contributed by atoms with Crippen molar-refractivity contribution in [3.8, 4) is 5.75 Å². The van der Waals surface area contributed by atoms with Gasteiger partial charge in [-0.15, -0.1) is 0 Å². The van der Waals surface area contributed by atoms with Crippen LogP contribution in [0.15, 0.2) is 24.4 Å². The number of benzene rings is 1. The Balaban J connectivity index is 1.45. The highest BCUT2D eigenvalue weighted by atomic mass is 32.1. The topological polar surface area (TPSA) is 90.7 Å². The van der Waals surface area contributed by atoms with Crippen molar-refractivity contribution in [2.24, 2.45) is 5.92 Å². The first kappa shape index (κ1) is 25.6. The molecule has 3 heterocycles. The number of aromatic nitrogens is 2. The number of aliphatic hydroxyl groups is 2. The molecule has 1 saturated heterocycles. The number of halogens is 5. The summed E-state index contributed by atoms with van der Waals surface area (Å²) in [5.74, 6) is -2.77. The highest BCUT2D eigenvalue weighted by molar-refractivity contribution is 7.18. The SMILES string of the molecule is CN1CCC(C(O)NC(O)c2c(F)ccc(OCc3nc4cc(C(F)(F)F)cnc4s3)c2F)CC1. The molecule has 2 atom stereocenters. The van der Waals surface area contributed by atoms with Crippen molar-refractivity contribution in [1.82, 2.24) is 20.2 Å². The van der Waals surface area contributed by atoms with Gasteiger partial charge in [0.25, 0.3) is 0 Å². The molecule has 4 rings (SSSR count). The molecule has 3 aromatic rings. The molecule has 0 aliphatic carbocycles. The van der Waals surface area contributed by atoms with E-state index in [1.54, 1.807) is 0 Å². The Bertz CT molecular complexity index is 1180. The number of aliphatic hydroxyl groups excluding tert-OH is 2. The molecule has 1 aromatic carbocycles. The molecular formula is C22H23F5N4O3S. The van der Waals surface area contributed by atoms with Crippen LogP contribution in [0.3, 0.4) is 0 Å². The molecule has 2 aromatic heterocycles. The second-order valence-corrected chi connectivity index (χ2v) is 9.43. The first-order valence-electron chi connectivity index (χ1n) is 10.8. The van der Waals surface area contributed by atoms with Gasteiger partial charge in [-0.2, -0.15) is 13.2 Å². The maximum absolute atomic E-state index is 15.0. The van der Waals surface area contributed by atoms with E-state index in [2.05, 4.69) is 20.2 Å². The second kappa shape index (κ2) is 10.3. The minimum atomic E-state index is -4.56. The summed E-state index contributed by atoms with van der Waals surface area (Å²) >= 11 is 0.970. The van der Waals surface area contributed by atoms with Gasteiger partial charge in [0.2, 0.25) is 0 Å². The molecule has 3 N–H and O–H groups in total. The number of pyridine rings is 1. The molecule has 1 fully saturated rings. The van der Waals surface area contributed by atoms with Gasteiger partial charge >= 0.3 is 6.18 Å². The maximum atomic E-state index is 15.0. The van der Waals surface area contributed by atoms with Crippen molar-refractivity contribution in [1.29, 1.82) is 0 Å². The zero-order valence-electron chi connectivity index (χ0n) is 18.5. The Kier molecular flexibility index (Phi) is 7.52. The lowest BCUT2D eigenvalue weighted by molar-refractivity contribution is -0.137. The predicted molar refractivity (Wildman–Crippen MR) is 117 cm³/mol. The first-order chi connectivity index (χ1) is 16.5. The molecule has 0 spiro atoms. The molecule has 1 aliphatic heterocycles. The van der Waals surface area contributed by atoms with E-state index in [9.17, 15) is 27.8 Å². The Labute approximate surface area is 201 Å². The van der Waals surface area contributed by atoms with Gasteiger partial charge in [0, 0.05) is 12.1 Å². The third-order valence-electron chi connectivity index (χ3n) is 5.87. The Morgan fingerprint density at radius 1 is 1.23 bits per heavy atom. The maximum Gasteiger partial charge on any atom is 0.417 e. The van der Waals surface area contributed by atoms with Gasteiger partial charge in [-0.25, -0.2) is 18.7 Å². The quantitative estimate of drug-likeness (QED) is 0.324. The van der Waals surface area contributed by atoms with E-state index in [0.717, 1.165) is 42.6 Å². The summed E-state index contributed by atoms with van der Waals surface area (Å²) in [6, 6.07) is 2.80. The highest BCUT2D eigenvalue weighted by Gasteiger charge is 2.32. The molecule has 1 aliphatic rings. The van der Waals surface area contributed by atoms with Crippen LogP contribution < -0.4 is 10.1 Å². The summed E-state index contributed by atoms with van der Waals surface area (Å²) in [6.45, 7) is 1.20. The fourth-order valence-electron chi connectivity index (χ4n) is 3.86. The third-order valence-corrected chi connectivity index (χ3v) is 6.83. The van der Waals surface area contributed by atoms with Crippen molar-refractivity contribution in [2.75, 3.05) is 20.1 Å². The summed E-state index contributed by atoms with van der Waals surface area (Å²) < 4.78 is 73.4. The van der Waals surface area contributed by atoms with E-state index >= 15 is 4.39 Å². The van der Waals surface area contributed by atoms with Crippen LogP contribution in [0.1, 0.15) is 35.2 Å². The number of hydrogen-bond donors (Lipinski definition) is 3. The van der Waals surface area contributed by atoms with Crippen LogP contribution in [0.2, 0.25) is 0 Å². The largest absolute Gasteiger partial charge is 0.483 e. The molecule has 0 amide bonds. The van der Waals surface area contributed by atoms with Crippen LogP contribution >= 0.6 is 11.3 Å². The zero-order valence-corrected chi connectivity index (χ0v) is 19.3. The average Bonchev–Trinajstić information content (AvgIpc) is 3.20.